The molecule has 0 aliphatic carbocycles. The molecule has 2 aromatic carbocycles. The maximum Gasteiger partial charge on any atom is 0.271 e. The maximum absolute atomic E-state index is 12.4. The summed E-state index contributed by atoms with van der Waals surface area (Å²) in [5.74, 6) is -0.144. The molecule has 0 spiro atoms. The highest BCUT2D eigenvalue weighted by Crippen LogP contribution is 2.27. The summed E-state index contributed by atoms with van der Waals surface area (Å²) in [5, 5.41) is 8.14. The number of aromatic nitrogens is 2. The second-order valence-corrected chi connectivity index (χ2v) is 6.27. The summed E-state index contributed by atoms with van der Waals surface area (Å²) < 4.78 is 12.3. The summed E-state index contributed by atoms with van der Waals surface area (Å²) in [6.07, 6.45) is 5.02. The number of hydrazone groups is 1. The molecule has 3 aromatic rings. The van der Waals surface area contributed by atoms with Crippen molar-refractivity contribution in [3.8, 4) is 11.5 Å². The number of ether oxygens (including phenoxy) is 2. The van der Waals surface area contributed by atoms with Gasteiger partial charge < -0.3 is 15.2 Å². The minimum atomic E-state index is -0.599. The SMILES string of the molecule is COc1ccc(C=NNC(=O)c2cccc(Cn3cccn3)c2)cc1OCC(N)=O. The van der Waals surface area contributed by atoms with Crippen molar-refractivity contribution in [2.24, 2.45) is 10.8 Å². The van der Waals surface area contributed by atoms with Crippen LogP contribution >= 0.6 is 0 Å². The van der Waals surface area contributed by atoms with Gasteiger partial charge in [0, 0.05) is 18.0 Å². The van der Waals surface area contributed by atoms with Crippen LogP contribution in [0.1, 0.15) is 21.5 Å². The van der Waals surface area contributed by atoms with Gasteiger partial charge in [-0.25, -0.2) is 5.43 Å². The van der Waals surface area contributed by atoms with Crippen molar-refractivity contribution in [3.63, 3.8) is 0 Å². The van der Waals surface area contributed by atoms with Gasteiger partial charge in [-0.05, 0) is 47.5 Å². The second kappa shape index (κ2) is 9.87. The van der Waals surface area contributed by atoms with E-state index in [0.717, 1.165) is 5.56 Å². The van der Waals surface area contributed by atoms with E-state index in [1.165, 1.54) is 13.3 Å². The quantitative estimate of drug-likeness (QED) is 0.412. The molecule has 0 saturated carbocycles. The molecule has 0 radical (unpaired) electrons. The van der Waals surface area contributed by atoms with Crippen molar-refractivity contribution in [3.05, 3.63) is 77.6 Å². The van der Waals surface area contributed by atoms with Crippen molar-refractivity contribution in [1.82, 2.24) is 15.2 Å². The molecular weight excluding hydrogens is 386 g/mol. The summed E-state index contributed by atoms with van der Waals surface area (Å²) in [7, 11) is 1.49. The fourth-order valence-corrected chi connectivity index (χ4v) is 2.66. The number of carbonyl (C=O) groups excluding carboxylic acids is 2. The van der Waals surface area contributed by atoms with Crippen LogP contribution in [-0.4, -0.2) is 41.5 Å². The number of methoxy groups -OCH3 is 1. The van der Waals surface area contributed by atoms with Crippen molar-refractivity contribution < 1.29 is 19.1 Å². The molecule has 154 valence electrons. The molecule has 0 aliphatic heterocycles. The van der Waals surface area contributed by atoms with E-state index in [-0.39, 0.29) is 12.5 Å². The van der Waals surface area contributed by atoms with Gasteiger partial charge in [0.2, 0.25) is 0 Å². The smallest absolute Gasteiger partial charge is 0.271 e. The number of nitrogens with one attached hydrogen (secondary N) is 1. The first-order valence-electron chi connectivity index (χ1n) is 9.04. The topological polar surface area (TPSA) is 121 Å². The zero-order valence-electron chi connectivity index (χ0n) is 16.3. The minimum absolute atomic E-state index is 0.275. The highest BCUT2D eigenvalue weighted by Gasteiger charge is 2.08. The number of hydrogen-bond donors (Lipinski definition) is 2. The van der Waals surface area contributed by atoms with Gasteiger partial charge in [0.15, 0.2) is 18.1 Å². The standard InChI is InChI=1S/C21H21N5O4/c1-29-18-7-6-15(11-19(18)30-14-20(22)27)12-23-25-21(28)17-5-2-4-16(10-17)13-26-9-3-8-24-26/h2-12H,13-14H2,1H3,(H2,22,27)(H,25,28). The van der Waals surface area contributed by atoms with Crippen LogP contribution in [0, 0.1) is 0 Å². The van der Waals surface area contributed by atoms with E-state index in [9.17, 15) is 9.59 Å². The average Bonchev–Trinajstić information content (AvgIpc) is 3.25. The van der Waals surface area contributed by atoms with E-state index < -0.39 is 5.91 Å². The number of benzene rings is 2. The first-order chi connectivity index (χ1) is 14.5. The largest absolute Gasteiger partial charge is 0.493 e. The summed E-state index contributed by atoms with van der Waals surface area (Å²) >= 11 is 0. The highest BCUT2D eigenvalue weighted by atomic mass is 16.5. The van der Waals surface area contributed by atoms with E-state index >= 15 is 0 Å². The Hall–Kier alpha value is -4.14. The van der Waals surface area contributed by atoms with Crippen LogP contribution in [0.2, 0.25) is 0 Å². The number of amides is 2. The number of primary amides is 1. The third-order valence-corrected chi connectivity index (χ3v) is 4.03. The molecule has 0 bridgehead atoms. The Kier molecular flexibility index (Phi) is 6.78. The zero-order valence-corrected chi connectivity index (χ0v) is 16.3. The monoisotopic (exact) mass is 407 g/mol. The molecule has 3 rings (SSSR count). The molecule has 2 amide bonds. The Labute approximate surface area is 173 Å². The molecule has 1 aromatic heterocycles. The molecule has 0 unspecified atom stereocenters. The maximum atomic E-state index is 12.4. The zero-order chi connectivity index (χ0) is 21.3. The first-order valence-corrected chi connectivity index (χ1v) is 9.04. The highest BCUT2D eigenvalue weighted by molar-refractivity contribution is 5.95. The van der Waals surface area contributed by atoms with Crippen LogP contribution in [0.15, 0.2) is 66.0 Å². The molecule has 9 heteroatoms. The van der Waals surface area contributed by atoms with Gasteiger partial charge in [-0.15, -0.1) is 0 Å². The predicted molar refractivity (Wildman–Crippen MR) is 111 cm³/mol. The fraction of sp³-hybridized carbons (Fsp3) is 0.143. The van der Waals surface area contributed by atoms with E-state index in [0.29, 0.717) is 29.2 Å². The van der Waals surface area contributed by atoms with Crippen LogP contribution < -0.4 is 20.6 Å². The Morgan fingerprint density at radius 3 is 2.80 bits per heavy atom. The number of nitrogens with zero attached hydrogens (tertiary/aromatic N) is 3. The number of hydrogen-bond acceptors (Lipinski definition) is 6. The van der Waals surface area contributed by atoms with E-state index in [1.54, 1.807) is 41.2 Å². The third kappa shape index (κ3) is 5.68. The molecule has 30 heavy (non-hydrogen) atoms. The van der Waals surface area contributed by atoms with E-state index in [2.05, 4.69) is 15.6 Å². The van der Waals surface area contributed by atoms with E-state index in [4.69, 9.17) is 15.2 Å². The van der Waals surface area contributed by atoms with Crippen molar-refractivity contribution in [2.75, 3.05) is 13.7 Å². The lowest BCUT2D eigenvalue weighted by Crippen LogP contribution is -2.20. The Bertz CT molecular complexity index is 1050. The van der Waals surface area contributed by atoms with Crippen LogP contribution in [0.3, 0.4) is 0 Å². The van der Waals surface area contributed by atoms with Crippen LogP contribution in [-0.2, 0) is 11.3 Å². The minimum Gasteiger partial charge on any atom is -0.493 e. The summed E-state index contributed by atoms with van der Waals surface area (Å²) in [5.41, 5.74) is 9.67. The normalized spacial score (nSPS) is 10.7. The van der Waals surface area contributed by atoms with Crippen LogP contribution in [0.25, 0.3) is 0 Å². The van der Waals surface area contributed by atoms with Crippen molar-refractivity contribution in [2.45, 2.75) is 6.54 Å². The van der Waals surface area contributed by atoms with Gasteiger partial charge >= 0.3 is 0 Å². The predicted octanol–water partition coefficient (Wildman–Crippen LogP) is 1.57. The third-order valence-electron chi connectivity index (χ3n) is 4.03. The molecular formula is C21H21N5O4. The summed E-state index contributed by atoms with van der Waals surface area (Å²) in [6, 6.07) is 14.1. The first kappa shape index (κ1) is 20.6. The molecule has 0 aliphatic rings. The van der Waals surface area contributed by atoms with Crippen LogP contribution in [0.4, 0.5) is 0 Å². The Morgan fingerprint density at radius 1 is 1.20 bits per heavy atom. The van der Waals surface area contributed by atoms with Gasteiger partial charge in [-0.2, -0.15) is 10.2 Å². The van der Waals surface area contributed by atoms with Gasteiger partial charge in [0.1, 0.15) is 0 Å². The number of rotatable bonds is 9. The molecule has 9 nitrogen and oxygen atoms in total. The molecule has 1 heterocycles. The van der Waals surface area contributed by atoms with Crippen LogP contribution in [0.5, 0.6) is 11.5 Å². The van der Waals surface area contributed by atoms with Gasteiger partial charge in [0.05, 0.1) is 19.9 Å². The van der Waals surface area contributed by atoms with Crippen molar-refractivity contribution in [1.29, 1.82) is 0 Å². The molecule has 3 N–H and O–H groups in total. The summed E-state index contributed by atoms with van der Waals surface area (Å²) in [4.78, 5) is 23.3. The van der Waals surface area contributed by atoms with Gasteiger partial charge in [0.25, 0.3) is 11.8 Å². The van der Waals surface area contributed by atoms with Crippen molar-refractivity contribution >= 4 is 18.0 Å². The molecule has 0 atom stereocenters. The lowest BCUT2D eigenvalue weighted by Gasteiger charge is -2.09. The Balaban J connectivity index is 1.64. The fourth-order valence-electron chi connectivity index (χ4n) is 2.66. The van der Waals surface area contributed by atoms with E-state index in [1.807, 2.05) is 24.4 Å². The molecule has 0 saturated heterocycles. The average molecular weight is 407 g/mol. The number of nitrogens with two attached hydrogens (primary N) is 1. The second-order valence-electron chi connectivity index (χ2n) is 6.27. The molecule has 0 fully saturated rings. The Morgan fingerprint density at radius 2 is 2.07 bits per heavy atom. The lowest BCUT2D eigenvalue weighted by molar-refractivity contribution is -0.119. The lowest BCUT2D eigenvalue weighted by atomic mass is 10.1. The summed E-state index contributed by atoms with van der Waals surface area (Å²) in [6.45, 7) is 0.292. The number of carbonyl (C=O) groups is 2. The van der Waals surface area contributed by atoms with Gasteiger partial charge in [-0.3, -0.25) is 14.3 Å². The van der Waals surface area contributed by atoms with Gasteiger partial charge in [-0.1, -0.05) is 12.1 Å².